The van der Waals surface area contributed by atoms with Crippen LogP contribution in [0.3, 0.4) is 0 Å². The van der Waals surface area contributed by atoms with Crippen molar-refractivity contribution in [3.05, 3.63) is 51.0 Å². The number of rotatable bonds is 3. The molecule has 0 spiro atoms. The van der Waals surface area contributed by atoms with Gasteiger partial charge in [0.15, 0.2) is 0 Å². The molecule has 2 rings (SSSR count). The third-order valence-corrected chi connectivity index (χ3v) is 4.14. The van der Waals surface area contributed by atoms with Gasteiger partial charge in [0.1, 0.15) is 11.3 Å². The molecule has 0 aromatic heterocycles. The van der Waals surface area contributed by atoms with E-state index in [0.717, 1.165) is 18.2 Å². The van der Waals surface area contributed by atoms with Gasteiger partial charge in [-0.05, 0) is 17.7 Å². The van der Waals surface area contributed by atoms with Gasteiger partial charge >= 0.3 is 12.8 Å². The number of halogens is 8. The van der Waals surface area contributed by atoms with Crippen molar-refractivity contribution < 1.29 is 26.7 Å². The number of hydrogen-bond donors (Lipinski definition) is 0. The van der Waals surface area contributed by atoms with E-state index in [2.05, 4.69) is 4.74 Å². The van der Waals surface area contributed by atoms with Crippen molar-refractivity contribution in [1.82, 2.24) is 0 Å². The van der Waals surface area contributed by atoms with Gasteiger partial charge in [0, 0.05) is 5.56 Å². The molecule has 1 nitrogen and oxygen atoms in total. The maximum absolute atomic E-state index is 13.3. The molecular weight excluding hydrogens is 386 g/mol. The summed E-state index contributed by atoms with van der Waals surface area (Å²) in [5, 5.41) is -0.313. The zero-order valence-corrected chi connectivity index (χ0v) is 13.2. The standard InChI is InChI=1S/C14H6Cl3F5O/c15-8-5-4-7(11(16)12(8)17)6-2-1-3-9(23-13(18)19)10(6)14(20,21)22/h1-5,13H. The van der Waals surface area contributed by atoms with Crippen LogP contribution in [0.15, 0.2) is 30.3 Å². The molecule has 0 aliphatic heterocycles. The molecule has 0 fully saturated rings. The zero-order chi connectivity index (χ0) is 17.4. The lowest BCUT2D eigenvalue weighted by Gasteiger charge is -2.18. The predicted molar refractivity (Wildman–Crippen MR) is 78.5 cm³/mol. The number of alkyl halides is 5. The Bertz CT molecular complexity index is 731. The molecule has 0 N–H and O–H groups in total. The van der Waals surface area contributed by atoms with Crippen molar-refractivity contribution in [2.75, 3.05) is 0 Å². The highest BCUT2D eigenvalue weighted by Gasteiger charge is 2.38. The van der Waals surface area contributed by atoms with E-state index >= 15 is 0 Å². The molecule has 0 unspecified atom stereocenters. The van der Waals surface area contributed by atoms with Crippen LogP contribution in [0.25, 0.3) is 11.1 Å². The van der Waals surface area contributed by atoms with E-state index in [-0.39, 0.29) is 20.6 Å². The molecule has 0 aliphatic rings. The van der Waals surface area contributed by atoms with Crippen molar-refractivity contribution in [1.29, 1.82) is 0 Å². The number of benzene rings is 2. The lowest BCUT2D eigenvalue weighted by atomic mass is 9.98. The first-order valence-electron chi connectivity index (χ1n) is 5.91. The average molecular weight is 392 g/mol. The molecule has 0 saturated carbocycles. The van der Waals surface area contributed by atoms with Gasteiger partial charge in [-0.1, -0.05) is 53.0 Å². The fourth-order valence-corrected chi connectivity index (χ4v) is 2.61. The van der Waals surface area contributed by atoms with Crippen LogP contribution in [0.5, 0.6) is 5.75 Å². The highest BCUT2D eigenvalue weighted by atomic mass is 35.5. The molecule has 0 bridgehead atoms. The van der Waals surface area contributed by atoms with E-state index in [4.69, 9.17) is 34.8 Å². The van der Waals surface area contributed by atoms with Gasteiger partial charge in [-0.15, -0.1) is 0 Å². The molecule has 0 saturated heterocycles. The molecule has 23 heavy (non-hydrogen) atoms. The summed E-state index contributed by atoms with van der Waals surface area (Å²) in [4.78, 5) is 0. The second-order valence-electron chi connectivity index (χ2n) is 4.28. The smallest absolute Gasteiger partial charge is 0.420 e. The lowest BCUT2D eigenvalue weighted by molar-refractivity contribution is -0.141. The highest BCUT2D eigenvalue weighted by Crippen LogP contribution is 2.46. The summed E-state index contributed by atoms with van der Waals surface area (Å²) < 4.78 is 68.7. The normalized spacial score (nSPS) is 11.9. The van der Waals surface area contributed by atoms with E-state index in [1.54, 1.807) is 0 Å². The van der Waals surface area contributed by atoms with Crippen LogP contribution in [-0.4, -0.2) is 6.61 Å². The molecule has 0 heterocycles. The maximum atomic E-state index is 13.3. The van der Waals surface area contributed by atoms with Crippen LogP contribution < -0.4 is 4.74 Å². The first-order chi connectivity index (χ1) is 10.6. The van der Waals surface area contributed by atoms with Crippen LogP contribution in [0, 0.1) is 0 Å². The Morgan fingerprint density at radius 3 is 2.09 bits per heavy atom. The summed E-state index contributed by atoms with van der Waals surface area (Å²) in [5.74, 6) is -1.01. The molecule has 0 amide bonds. The first-order valence-corrected chi connectivity index (χ1v) is 7.05. The second kappa shape index (κ2) is 6.71. The monoisotopic (exact) mass is 390 g/mol. The Morgan fingerprint density at radius 1 is 0.870 bits per heavy atom. The quantitative estimate of drug-likeness (QED) is 0.407. The zero-order valence-electron chi connectivity index (χ0n) is 10.9. The van der Waals surface area contributed by atoms with Gasteiger partial charge in [-0.3, -0.25) is 0 Å². The minimum atomic E-state index is -4.95. The van der Waals surface area contributed by atoms with Crippen LogP contribution in [0.2, 0.25) is 15.1 Å². The van der Waals surface area contributed by atoms with Gasteiger partial charge in [0.2, 0.25) is 0 Å². The van der Waals surface area contributed by atoms with Crippen molar-refractivity contribution in [2.24, 2.45) is 0 Å². The Morgan fingerprint density at radius 2 is 1.52 bits per heavy atom. The molecule has 124 valence electrons. The summed E-state index contributed by atoms with van der Waals surface area (Å²) >= 11 is 17.5. The van der Waals surface area contributed by atoms with Gasteiger partial charge in [0.05, 0.1) is 15.1 Å². The van der Waals surface area contributed by atoms with Gasteiger partial charge in [-0.2, -0.15) is 22.0 Å². The van der Waals surface area contributed by atoms with Crippen molar-refractivity contribution in [2.45, 2.75) is 12.8 Å². The van der Waals surface area contributed by atoms with Gasteiger partial charge in [0.25, 0.3) is 0 Å². The highest BCUT2D eigenvalue weighted by molar-refractivity contribution is 6.49. The van der Waals surface area contributed by atoms with Gasteiger partial charge in [-0.25, -0.2) is 0 Å². The Labute approximate surface area is 142 Å². The first kappa shape index (κ1) is 18.1. The van der Waals surface area contributed by atoms with E-state index in [0.29, 0.717) is 0 Å². The Kier molecular flexibility index (Phi) is 5.28. The molecule has 0 aliphatic carbocycles. The third kappa shape index (κ3) is 3.82. The minimum Gasteiger partial charge on any atom is -0.434 e. The minimum absolute atomic E-state index is 0.0500. The lowest BCUT2D eigenvalue weighted by Crippen LogP contribution is -2.13. The number of hydrogen-bond acceptors (Lipinski definition) is 1. The summed E-state index contributed by atoms with van der Waals surface area (Å²) in [7, 11) is 0. The van der Waals surface area contributed by atoms with Crippen molar-refractivity contribution in [3.8, 4) is 16.9 Å². The SMILES string of the molecule is FC(F)Oc1cccc(-c2ccc(Cl)c(Cl)c2Cl)c1C(F)(F)F. The van der Waals surface area contributed by atoms with E-state index in [1.807, 2.05) is 0 Å². The van der Waals surface area contributed by atoms with Crippen LogP contribution in [0.1, 0.15) is 5.56 Å². The Balaban J connectivity index is 2.75. The largest absolute Gasteiger partial charge is 0.434 e. The number of ether oxygens (including phenoxy) is 1. The summed E-state index contributed by atoms with van der Waals surface area (Å²) in [6.45, 7) is -3.41. The second-order valence-corrected chi connectivity index (χ2v) is 5.44. The van der Waals surface area contributed by atoms with Crippen LogP contribution >= 0.6 is 34.8 Å². The van der Waals surface area contributed by atoms with Crippen LogP contribution in [0.4, 0.5) is 22.0 Å². The average Bonchev–Trinajstić information content (AvgIpc) is 2.43. The molecule has 2 aromatic rings. The molecular formula is C14H6Cl3F5O. The fourth-order valence-electron chi connectivity index (χ4n) is 1.98. The van der Waals surface area contributed by atoms with Crippen molar-refractivity contribution in [3.63, 3.8) is 0 Å². The Hall–Kier alpha value is -1.24. The third-order valence-electron chi connectivity index (χ3n) is 2.85. The predicted octanol–water partition coefficient (Wildman–Crippen LogP) is 6.93. The molecule has 2 aromatic carbocycles. The summed E-state index contributed by atoms with van der Waals surface area (Å²) in [6, 6.07) is 5.48. The molecule has 0 radical (unpaired) electrons. The molecule has 9 heteroatoms. The van der Waals surface area contributed by atoms with E-state index in [9.17, 15) is 22.0 Å². The van der Waals surface area contributed by atoms with Crippen LogP contribution in [-0.2, 0) is 6.18 Å². The fraction of sp³-hybridized carbons (Fsp3) is 0.143. The topological polar surface area (TPSA) is 9.23 Å². The maximum Gasteiger partial charge on any atom is 0.420 e. The van der Waals surface area contributed by atoms with Crippen molar-refractivity contribution >= 4 is 34.8 Å². The van der Waals surface area contributed by atoms with E-state index < -0.39 is 29.7 Å². The van der Waals surface area contributed by atoms with E-state index in [1.165, 1.54) is 12.1 Å². The van der Waals surface area contributed by atoms with Gasteiger partial charge < -0.3 is 4.74 Å². The molecule has 0 atom stereocenters. The summed E-state index contributed by atoms with van der Waals surface area (Å²) in [5.41, 5.74) is -1.92. The summed E-state index contributed by atoms with van der Waals surface area (Å²) in [6.07, 6.45) is -4.95.